The Kier molecular flexibility index (Phi) is 4.47. The second-order valence-corrected chi connectivity index (χ2v) is 7.25. The fourth-order valence-electron chi connectivity index (χ4n) is 3.94. The molecule has 1 saturated heterocycles. The van der Waals surface area contributed by atoms with E-state index in [0.717, 1.165) is 22.7 Å². The van der Waals surface area contributed by atoms with E-state index in [2.05, 4.69) is 27.3 Å². The molecule has 1 aliphatic heterocycles. The van der Waals surface area contributed by atoms with E-state index in [1.807, 2.05) is 16.8 Å². The summed E-state index contributed by atoms with van der Waals surface area (Å²) in [7, 11) is 0. The van der Waals surface area contributed by atoms with Gasteiger partial charge < -0.3 is 10.2 Å². The maximum atomic E-state index is 12.3. The molecule has 3 aromatic heterocycles. The number of carbonyl (C=O) groups is 2. The van der Waals surface area contributed by atoms with Crippen molar-refractivity contribution >= 4 is 39.6 Å². The van der Waals surface area contributed by atoms with Gasteiger partial charge in [0.2, 0.25) is 11.8 Å². The molecule has 0 aliphatic carbocycles. The van der Waals surface area contributed by atoms with Crippen LogP contribution in [0.3, 0.4) is 0 Å². The van der Waals surface area contributed by atoms with Gasteiger partial charge in [-0.1, -0.05) is 6.92 Å². The molecule has 4 rings (SSSR count). The first kappa shape index (κ1) is 18.0. The minimum Gasteiger partial charge on any atom is -0.340 e. The van der Waals surface area contributed by atoms with Crippen molar-refractivity contribution in [3.63, 3.8) is 0 Å². The highest BCUT2D eigenvalue weighted by atomic mass is 16.2. The van der Waals surface area contributed by atoms with E-state index in [9.17, 15) is 9.59 Å². The number of amides is 2. The highest BCUT2D eigenvalue weighted by molar-refractivity contribution is 6.08. The van der Waals surface area contributed by atoms with Crippen LogP contribution in [0.5, 0.6) is 0 Å². The average Bonchev–Trinajstić information content (AvgIpc) is 3.26. The number of nitrogens with zero attached hydrogens (tertiary/aromatic N) is 5. The van der Waals surface area contributed by atoms with Crippen molar-refractivity contribution in [1.82, 2.24) is 24.6 Å². The van der Waals surface area contributed by atoms with Crippen molar-refractivity contribution in [2.24, 2.45) is 5.92 Å². The van der Waals surface area contributed by atoms with Crippen LogP contribution in [-0.4, -0.2) is 49.6 Å². The Balaban J connectivity index is 1.84. The highest BCUT2D eigenvalue weighted by Gasteiger charge is 2.32. The van der Waals surface area contributed by atoms with Gasteiger partial charge in [0, 0.05) is 37.8 Å². The number of aromatic amines is 1. The van der Waals surface area contributed by atoms with Crippen LogP contribution >= 0.6 is 0 Å². The van der Waals surface area contributed by atoms with Gasteiger partial charge in [-0.25, -0.2) is 9.97 Å². The summed E-state index contributed by atoms with van der Waals surface area (Å²) < 4.78 is 2.02. The zero-order valence-electron chi connectivity index (χ0n) is 15.8. The maximum absolute atomic E-state index is 12.3. The Morgan fingerprint density at radius 1 is 1.39 bits per heavy atom. The lowest BCUT2D eigenvalue weighted by Crippen LogP contribution is -2.44. The van der Waals surface area contributed by atoms with Gasteiger partial charge in [-0.15, -0.1) is 0 Å². The number of nitriles is 1. The zero-order valence-corrected chi connectivity index (χ0v) is 15.8. The minimum atomic E-state index is -0.182. The molecule has 0 unspecified atom stereocenters. The van der Waals surface area contributed by atoms with E-state index < -0.39 is 0 Å². The Hall–Kier alpha value is -3.41. The molecule has 0 saturated carbocycles. The second kappa shape index (κ2) is 6.96. The number of pyridine rings is 1. The fraction of sp³-hybridized carbons (Fsp3) is 0.421. The number of rotatable bonds is 3. The van der Waals surface area contributed by atoms with Crippen molar-refractivity contribution < 1.29 is 9.59 Å². The van der Waals surface area contributed by atoms with E-state index in [-0.39, 0.29) is 24.3 Å². The number of carbonyl (C=O) groups excluding carboxylic acids is 2. The molecular weight excluding hydrogens is 358 g/mol. The largest absolute Gasteiger partial charge is 0.340 e. The van der Waals surface area contributed by atoms with Gasteiger partial charge in [0.25, 0.3) is 0 Å². The Bertz CT molecular complexity index is 1110. The lowest BCUT2D eigenvalue weighted by molar-refractivity contribution is -0.132. The predicted octanol–water partition coefficient (Wildman–Crippen LogP) is 2.19. The van der Waals surface area contributed by atoms with E-state index in [0.29, 0.717) is 30.5 Å². The fourth-order valence-corrected chi connectivity index (χ4v) is 3.94. The van der Waals surface area contributed by atoms with Crippen molar-refractivity contribution in [1.29, 1.82) is 5.26 Å². The number of hydrogen-bond acceptors (Lipinski definition) is 5. The van der Waals surface area contributed by atoms with Crippen LogP contribution in [0.25, 0.3) is 21.9 Å². The van der Waals surface area contributed by atoms with Crippen LogP contribution in [0.1, 0.15) is 32.7 Å². The van der Waals surface area contributed by atoms with Crippen LogP contribution < -0.4 is 5.32 Å². The molecular formula is C19H21N7O2. The third-order valence-corrected chi connectivity index (χ3v) is 5.38. The van der Waals surface area contributed by atoms with Gasteiger partial charge in [-0.05, 0) is 18.4 Å². The number of H-pyrrole nitrogens is 1. The van der Waals surface area contributed by atoms with E-state index in [4.69, 9.17) is 5.26 Å². The maximum Gasteiger partial charge on any atom is 0.236 e. The summed E-state index contributed by atoms with van der Waals surface area (Å²) >= 11 is 0. The molecule has 0 spiro atoms. The molecule has 1 aliphatic rings. The third-order valence-electron chi connectivity index (χ3n) is 5.38. The van der Waals surface area contributed by atoms with E-state index in [1.165, 1.54) is 6.92 Å². The van der Waals surface area contributed by atoms with Gasteiger partial charge in [0.05, 0.1) is 23.0 Å². The first-order valence-electron chi connectivity index (χ1n) is 9.25. The zero-order chi connectivity index (χ0) is 19.8. The van der Waals surface area contributed by atoms with E-state index in [1.54, 1.807) is 17.3 Å². The Morgan fingerprint density at radius 3 is 2.96 bits per heavy atom. The molecule has 9 heteroatoms. The van der Waals surface area contributed by atoms with Gasteiger partial charge in [0.1, 0.15) is 12.2 Å². The van der Waals surface area contributed by atoms with Crippen LogP contribution in [0.15, 0.2) is 18.5 Å². The van der Waals surface area contributed by atoms with E-state index >= 15 is 0 Å². The van der Waals surface area contributed by atoms with Gasteiger partial charge in [-0.2, -0.15) is 5.26 Å². The quantitative estimate of drug-likeness (QED) is 0.723. The van der Waals surface area contributed by atoms with Crippen LogP contribution in [0.2, 0.25) is 0 Å². The van der Waals surface area contributed by atoms with Crippen molar-refractivity contribution in [3.8, 4) is 6.07 Å². The van der Waals surface area contributed by atoms with Gasteiger partial charge in [0.15, 0.2) is 5.65 Å². The molecule has 0 radical (unpaired) electrons. The van der Waals surface area contributed by atoms with Crippen LogP contribution in [-0.2, 0) is 9.59 Å². The van der Waals surface area contributed by atoms with Crippen molar-refractivity contribution in [3.05, 3.63) is 18.5 Å². The standard InChI is InChI=1S/C19H21N7O2/c1-11-5-8-25(16(28)3-6-20)10-15(11)26-17-13-4-7-21-18(13)22-9-14(17)19(24-26)23-12(2)27/h4,7,9,11,15,24H,3,5,8,10H2,1-2H3,(H,23,27)/t11-,15+/m0/s1. The second-order valence-electron chi connectivity index (χ2n) is 7.25. The molecule has 1 fully saturated rings. The first-order chi connectivity index (χ1) is 13.5. The summed E-state index contributed by atoms with van der Waals surface area (Å²) in [5.74, 6) is 0.540. The topological polar surface area (TPSA) is 120 Å². The summed E-state index contributed by atoms with van der Waals surface area (Å²) in [5, 5.41) is 16.7. The molecule has 28 heavy (non-hydrogen) atoms. The predicted molar refractivity (Wildman–Crippen MR) is 103 cm³/mol. The van der Waals surface area contributed by atoms with Gasteiger partial charge in [-0.3, -0.25) is 19.4 Å². The monoisotopic (exact) mass is 379 g/mol. The summed E-state index contributed by atoms with van der Waals surface area (Å²) in [4.78, 5) is 34.4. The summed E-state index contributed by atoms with van der Waals surface area (Å²) in [5.41, 5.74) is 1.54. The average molecular weight is 379 g/mol. The normalized spacial score (nSPS) is 19.7. The molecule has 0 bridgehead atoms. The molecule has 3 aromatic rings. The summed E-state index contributed by atoms with van der Waals surface area (Å²) in [6.07, 6.45) is 4.13. The Morgan fingerprint density at radius 2 is 2.21 bits per heavy atom. The van der Waals surface area contributed by atoms with Crippen molar-refractivity contribution in [2.75, 3.05) is 18.4 Å². The number of piperidine rings is 1. The first-order valence-corrected chi connectivity index (χ1v) is 9.25. The number of likely N-dealkylation sites (tertiary alicyclic amines) is 1. The smallest absolute Gasteiger partial charge is 0.236 e. The van der Waals surface area contributed by atoms with Gasteiger partial charge >= 0.3 is 0 Å². The SMILES string of the molecule is CC(=O)Nc1[nH]n([C@@H]2CN(C(=O)CC#N)CC[C@@H]2C)c2c1cnc1nccc12. The molecule has 144 valence electrons. The lowest BCUT2D eigenvalue weighted by atomic mass is 9.93. The Labute approximate surface area is 161 Å². The molecule has 4 heterocycles. The molecule has 2 N–H and O–H groups in total. The molecule has 2 atom stereocenters. The number of fused-ring (bicyclic) bond motifs is 3. The van der Waals surface area contributed by atoms with Crippen LogP contribution in [0.4, 0.5) is 5.82 Å². The highest BCUT2D eigenvalue weighted by Crippen LogP contribution is 2.35. The lowest BCUT2D eigenvalue weighted by Gasteiger charge is -2.37. The molecule has 2 amide bonds. The summed E-state index contributed by atoms with van der Waals surface area (Å²) in [6.45, 7) is 4.75. The number of anilines is 1. The number of aromatic nitrogens is 4. The number of hydrogen-bond donors (Lipinski definition) is 2. The molecule has 9 nitrogen and oxygen atoms in total. The van der Waals surface area contributed by atoms with Crippen LogP contribution in [0, 0.1) is 17.2 Å². The molecule has 0 aromatic carbocycles. The van der Waals surface area contributed by atoms with Crippen molar-refractivity contribution in [2.45, 2.75) is 32.7 Å². The summed E-state index contributed by atoms with van der Waals surface area (Å²) in [6, 6.07) is 3.81. The minimum absolute atomic E-state index is 0.0260. The third kappa shape index (κ3) is 2.97. The number of nitrogens with one attached hydrogen (secondary N) is 2.